The minimum absolute atomic E-state index is 0.0741. The number of carbonyl (C=O) groups excluding carboxylic acids is 1. The second-order valence-corrected chi connectivity index (χ2v) is 1.96. The van der Waals surface area contributed by atoms with E-state index in [0.29, 0.717) is 5.69 Å². The van der Waals surface area contributed by atoms with E-state index in [0.717, 1.165) is 0 Å². The third kappa shape index (κ3) is 1.31. The van der Waals surface area contributed by atoms with Gasteiger partial charge in [-0.15, -0.1) is 0 Å². The summed E-state index contributed by atoms with van der Waals surface area (Å²) in [6.45, 7) is 1.43. The van der Waals surface area contributed by atoms with E-state index in [4.69, 9.17) is 5.11 Å². The Morgan fingerprint density at radius 1 is 1.60 bits per heavy atom. The quantitative estimate of drug-likeness (QED) is 0.587. The lowest BCUT2D eigenvalue weighted by molar-refractivity contribution is 0.101. The van der Waals surface area contributed by atoms with E-state index < -0.39 is 0 Å². The Morgan fingerprint density at radius 2 is 2.30 bits per heavy atom. The molecule has 10 heavy (non-hydrogen) atoms. The summed E-state index contributed by atoms with van der Waals surface area (Å²) in [6, 6.07) is 2.92. The third-order valence-corrected chi connectivity index (χ3v) is 1.11. The van der Waals surface area contributed by atoms with Gasteiger partial charge in [0.05, 0.1) is 6.20 Å². The Kier molecular flexibility index (Phi) is 1.67. The maximum absolute atomic E-state index is 10.6. The molecule has 52 valence electrons. The van der Waals surface area contributed by atoms with Crippen molar-refractivity contribution in [3.8, 4) is 5.75 Å². The molecule has 0 unspecified atom stereocenters. The van der Waals surface area contributed by atoms with E-state index in [9.17, 15) is 4.79 Å². The van der Waals surface area contributed by atoms with Crippen LogP contribution in [0.2, 0.25) is 0 Å². The number of nitrogens with zero attached hydrogens (tertiary/aromatic N) is 1. The zero-order valence-corrected chi connectivity index (χ0v) is 5.53. The molecule has 1 aromatic heterocycles. The number of hydrogen-bond donors (Lipinski definition) is 1. The second-order valence-electron chi connectivity index (χ2n) is 1.96. The topological polar surface area (TPSA) is 50.2 Å². The maximum Gasteiger partial charge on any atom is 0.178 e. The van der Waals surface area contributed by atoms with Gasteiger partial charge >= 0.3 is 0 Å². The molecule has 0 aliphatic rings. The molecule has 1 aromatic rings. The Bertz CT molecular complexity index is 240. The lowest BCUT2D eigenvalue weighted by Crippen LogP contribution is -1.93. The molecule has 0 radical (unpaired) electrons. The normalized spacial score (nSPS) is 9.30. The molecular formula is C7H7NO2. The van der Waals surface area contributed by atoms with Crippen LogP contribution in [0.5, 0.6) is 5.75 Å². The van der Waals surface area contributed by atoms with Crippen LogP contribution < -0.4 is 0 Å². The number of Topliss-reactive ketones (excluding diaryl/α,β-unsaturated/α-hetero) is 1. The van der Waals surface area contributed by atoms with E-state index in [2.05, 4.69) is 4.98 Å². The van der Waals surface area contributed by atoms with Gasteiger partial charge in [-0.05, 0) is 12.1 Å². The molecular weight excluding hydrogens is 130 g/mol. The van der Waals surface area contributed by atoms with Gasteiger partial charge in [0.25, 0.3) is 0 Å². The highest BCUT2D eigenvalue weighted by Crippen LogP contribution is 2.05. The fourth-order valence-electron chi connectivity index (χ4n) is 0.594. The van der Waals surface area contributed by atoms with Gasteiger partial charge in [0.15, 0.2) is 5.78 Å². The summed E-state index contributed by atoms with van der Waals surface area (Å²) in [6.07, 6.45) is 1.25. The molecule has 0 amide bonds. The predicted molar refractivity (Wildman–Crippen MR) is 35.9 cm³/mol. The highest BCUT2D eigenvalue weighted by Gasteiger charge is 1.97. The van der Waals surface area contributed by atoms with Gasteiger partial charge in [-0.25, -0.2) is 4.98 Å². The molecule has 0 saturated heterocycles. The smallest absolute Gasteiger partial charge is 0.178 e. The molecule has 0 spiro atoms. The minimum atomic E-state index is -0.0972. The van der Waals surface area contributed by atoms with Crippen molar-refractivity contribution in [1.82, 2.24) is 4.98 Å². The standard InChI is InChI=1S/C7H7NO2/c1-5(9)7-3-2-6(10)4-8-7/h2-4,10H,1H3. The zero-order valence-electron chi connectivity index (χ0n) is 5.53. The van der Waals surface area contributed by atoms with Gasteiger partial charge < -0.3 is 5.11 Å². The van der Waals surface area contributed by atoms with Gasteiger partial charge in [-0.3, -0.25) is 4.79 Å². The number of ketones is 1. The highest BCUT2D eigenvalue weighted by atomic mass is 16.3. The number of hydrogen-bond acceptors (Lipinski definition) is 3. The monoisotopic (exact) mass is 137 g/mol. The Labute approximate surface area is 58.3 Å². The van der Waals surface area contributed by atoms with Crippen LogP contribution in [0.1, 0.15) is 17.4 Å². The molecule has 1 N–H and O–H groups in total. The molecule has 1 heterocycles. The molecule has 0 saturated carbocycles. The summed E-state index contributed by atoms with van der Waals surface area (Å²) < 4.78 is 0. The molecule has 0 bridgehead atoms. The van der Waals surface area contributed by atoms with Gasteiger partial charge in [-0.1, -0.05) is 0 Å². The van der Waals surface area contributed by atoms with Crippen molar-refractivity contribution in [1.29, 1.82) is 0 Å². The van der Waals surface area contributed by atoms with Crippen LogP contribution in [0.4, 0.5) is 0 Å². The van der Waals surface area contributed by atoms with Crippen LogP contribution in [0, 0.1) is 0 Å². The van der Waals surface area contributed by atoms with Gasteiger partial charge in [-0.2, -0.15) is 0 Å². The molecule has 0 fully saturated rings. The maximum atomic E-state index is 10.6. The summed E-state index contributed by atoms with van der Waals surface area (Å²) in [5, 5.41) is 8.76. The summed E-state index contributed by atoms with van der Waals surface area (Å²) in [4.78, 5) is 14.3. The summed E-state index contributed by atoms with van der Waals surface area (Å²) in [5.74, 6) is -0.0231. The van der Waals surface area contributed by atoms with Gasteiger partial charge in [0.1, 0.15) is 11.4 Å². The molecule has 3 nitrogen and oxygen atoms in total. The van der Waals surface area contributed by atoms with Crippen molar-refractivity contribution in [2.75, 3.05) is 0 Å². The SMILES string of the molecule is CC(=O)c1ccc(O)cn1. The highest BCUT2D eigenvalue weighted by molar-refractivity contribution is 5.92. The van der Waals surface area contributed by atoms with Crippen LogP contribution in [0.3, 0.4) is 0 Å². The van der Waals surface area contributed by atoms with E-state index in [1.807, 2.05) is 0 Å². The van der Waals surface area contributed by atoms with E-state index >= 15 is 0 Å². The van der Waals surface area contributed by atoms with Crippen molar-refractivity contribution in [3.05, 3.63) is 24.0 Å². The largest absolute Gasteiger partial charge is 0.506 e. The molecule has 0 aliphatic heterocycles. The Morgan fingerprint density at radius 3 is 2.70 bits per heavy atom. The van der Waals surface area contributed by atoms with Crippen molar-refractivity contribution < 1.29 is 9.90 Å². The first kappa shape index (κ1) is 6.74. The van der Waals surface area contributed by atoms with E-state index in [-0.39, 0.29) is 11.5 Å². The number of pyridine rings is 1. The van der Waals surface area contributed by atoms with Gasteiger partial charge in [0, 0.05) is 6.92 Å². The second kappa shape index (κ2) is 2.47. The fourth-order valence-corrected chi connectivity index (χ4v) is 0.594. The van der Waals surface area contributed by atoms with E-state index in [1.54, 1.807) is 0 Å². The lowest BCUT2D eigenvalue weighted by atomic mass is 10.3. The first-order chi connectivity index (χ1) is 4.70. The van der Waals surface area contributed by atoms with Crippen molar-refractivity contribution in [2.45, 2.75) is 6.92 Å². The summed E-state index contributed by atoms with van der Waals surface area (Å²) in [7, 11) is 0. The van der Waals surface area contributed by atoms with Crippen molar-refractivity contribution >= 4 is 5.78 Å². The average molecular weight is 137 g/mol. The number of carbonyl (C=O) groups is 1. The van der Waals surface area contributed by atoms with Crippen LogP contribution in [-0.2, 0) is 0 Å². The first-order valence-electron chi connectivity index (χ1n) is 2.86. The number of aromatic nitrogens is 1. The van der Waals surface area contributed by atoms with Crippen LogP contribution >= 0.6 is 0 Å². The summed E-state index contributed by atoms with van der Waals surface area (Å²) >= 11 is 0. The van der Waals surface area contributed by atoms with E-state index in [1.165, 1.54) is 25.3 Å². The summed E-state index contributed by atoms with van der Waals surface area (Å²) in [5.41, 5.74) is 0.373. The Hall–Kier alpha value is -1.38. The number of aromatic hydroxyl groups is 1. The lowest BCUT2D eigenvalue weighted by Gasteiger charge is -1.92. The van der Waals surface area contributed by atoms with Crippen molar-refractivity contribution in [2.24, 2.45) is 0 Å². The molecule has 0 atom stereocenters. The predicted octanol–water partition coefficient (Wildman–Crippen LogP) is 0.990. The van der Waals surface area contributed by atoms with Crippen LogP contribution in [-0.4, -0.2) is 15.9 Å². The Balaban J connectivity index is 3.00. The number of rotatable bonds is 1. The molecule has 1 rings (SSSR count). The fraction of sp³-hybridized carbons (Fsp3) is 0.143. The van der Waals surface area contributed by atoms with Gasteiger partial charge in [0.2, 0.25) is 0 Å². The minimum Gasteiger partial charge on any atom is -0.506 e. The first-order valence-corrected chi connectivity index (χ1v) is 2.86. The molecule has 0 aromatic carbocycles. The van der Waals surface area contributed by atoms with Crippen LogP contribution in [0.25, 0.3) is 0 Å². The average Bonchev–Trinajstić information content (AvgIpc) is 1.88. The molecule has 0 aliphatic carbocycles. The zero-order chi connectivity index (χ0) is 7.56. The van der Waals surface area contributed by atoms with Crippen LogP contribution in [0.15, 0.2) is 18.3 Å². The third-order valence-electron chi connectivity index (χ3n) is 1.11. The van der Waals surface area contributed by atoms with Crippen molar-refractivity contribution in [3.63, 3.8) is 0 Å². The molecule has 3 heteroatoms.